The van der Waals surface area contributed by atoms with Crippen LogP contribution in [0.5, 0.6) is 0 Å². The van der Waals surface area contributed by atoms with Gasteiger partial charge in [-0.3, -0.25) is 4.79 Å². The van der Waals surface area contributed by atoms with Crippen LogP contribution in [0.1, 0.15) is 44.9 Å². The zero-order valence-corrected chi connectivity index (χ0v) is 13.3. The molecule has 5 nitrogen and oxygen atoms in total. The average molecular weight is 305 g/mol. The van der Waals surface area contributed by atoms with Crippen molar-refractivity contribution in [1.82, 2.24) is 15.1 Å². The quantitative estimate of drug-likeness (QED) is 0.842. The lowest BCUT2D eigenvalue weighted by Crippen LogP contribution is -2.51. The fourth-order valence-electron chi connectivity index (χ4n) is 4.37. The number of nitrogens with one attached hydrogen (secondary N) is 1. The Morgan fingerprint density at radius 1 is 1.14 bits per heavy atom. The molecule has 0 radical (unpaired) electrons. The van der Waals surface area contributed by atoms with Crippen molar-refractivity contribution >= 4 is 11.9 Å². The predicted octanol–water partition coefficient (Wildman–Crippen LogP) is 1.83. The molecule has 22 heavy (non-hydrogen) atoms. The second kappa shape index (κ2) is 5.74. The van der Waals surface area contributed by atoms with E-state index in [1.807, 2.05) is 9.80 Å². The van der Waals surface area contributed by atoms with Crippen LogP contribution in [-0.4, -0.2) is 54.0 Å². The first-order valence-electron chi connectivity index (χ1n) is 9.04. The van der Waals surface area contributed by atoms with E-state index in [2.05, 4.69) is 5.32 Å². The van der Waals surface area contributed by atoms with Crippen molar-refractivity contribution in [3.05, 3.63) is 0 Å². The molecule has 0 aromatic heterocycles. The lowest BCUT2D eigenvalue weighted by Gasteiger charge is -2.37. The van der Waals surface area contributed by atoms with E-state index >= 15 is 0 Å². The molecule has 4 aliphatic rings. The van der Waals surface area contributed by atoms with Crippen LogP contribution in [0.25, 0.3) is 0 Å². The summed E-state index contributed by atoms with van der Waals surface area (Å²) in [4.78, 5) is 28.5. The number of nitrogens with zero attached hydrogens (tertiary/aromatic N) is 2. The maximum Gasteiger partial charge on any atom is 0.317 e. The number of amides is 3. The van der Waals surface area contributed by atoms with Gasteiger partial charge in [0.1, 0.15) is 0 Å². The number of rotatable bonds is 5. The summed E-state index contributed by atoms with van der Waals surface area (Å²) in [6, 6.07) is 0.272. The number of likely N-dealkylation sites (tertiary alicyclic amines) is 1. The maximum absolute atomic E-state index is 12.7. The van der Waals surface area contributed by atoms with E-state index in [1.54, 1.807) is 0 Å². The van der Waals surface area contributed by atoms with E-state index in [0.29, 0.717) is 11.8 Å². The van der Waals surface area contributed by atoms with Gasteiger partial charge in [-0.1, -0.05) is 0 Å². The van der Waals surface area contributed by atoms with Crippen molar-refractivity contribution < 1.29 is 9.59 Å². The number of hydrogen-bond donors (Lipinski definition) is 1. The predicted molar refractivity (Wildman–Crippen MR) is 83.3 cm³/mol. The number of carbonyl (C=O) groups excluding carboxylic acids is 2. The molecule has 2 aliphatic carbocycles. The van der Waals surface area contributed by atoms with Crippen LogP contribution in [0.4, 0.5) is 4.79 Å². The summed E-state index contributed by atoms with van der Waals surface area (Å²) in [5, 5.41) is 2.87. The van der Waals surface area contributed by atoms with Crippen molar-refractivity contribution in [2.45, 2.75) is 51.0 Å². The Balaban J connectivity index is 1.34. The third kappa shape index (κ3) is 2.95. The lowest BCUT2D eigenvalue weighted by atomic mass is 9.93. The first-order valence-corrected chi connectivity index (χ1v) is 9.04. The van der Waals surface area contributed by atoms with Crippen LogP contribution in [-0.2, 0) is 4.79 Å². The molecule has 0 bridgehead atoms. The third-order valence-corrected chi connectivity index (χ3v) is 5.95. The molecular weight excluding hydrogens is 278 g/mol. The molecule has 0 aromatic carbocycles. The SMILES string of the molecule is O=C(CC(C1CC1)C1CC1)N1CCC[C@@H](N2CCNC2=O)C1. The molecule has 2 saturated carbocycles. The number of hydrogen-bond acceptors (Lipinski definition) is 2. The topological polar surface area (TPSA) is 52.7 Å². The van der Waals surface area contributed by atoms with Crippen LogP contribution >= 0.6 is 0 Å². The molecule has 122 valence electrons. The molecule has 2 heterocycles. The Morgan fingerprint density at radius 2 is 1.86 bits per heavy atom. The molecule has 5 heteroatoms. The smallest absolute Gasteiger partial charge is 0.317 e. The minimum absolute atomic E-state index is 0.0492. The van der Waals surface area contributed by atoms with E-state index in [-0.39, 0.29) is 12.1 Å². The molecular formula is C17H27N3O2. The van der Waals surface area contributed by atoms with Gasteiger partial charge in [0.25, 0.3) is 0 Å². The van der Waals surface area contributed by atoms with Gasteiger partial charge in [0.15, 0.2) is 0 Å². The molecule has 2 saturated heterocycles. The second-order valence-electron chi connectivity index (χ2n) is 7.60. The number of urea groups is 1. The molecule has 0 aromatic rings. The Morgan fingerprint density at radius 3 is 2.45 bits per heavy atom. The van der Waals surface area contributed by atoms with Crippen molar-refractivity contribution in [3.63, 3.8) is 0 Å². The summed E-state index contributed by atoms with van der Waals surface area (Å²) in [5.41, 5.74) is 0. The van der Waals surface area contributed by atoms with E-state index in [4.69, 9.17) is 0 Å². The van der Waals surface area contributed by atoms with E-state index in [0.717, 1.165) is 57.3 Å². The molecule has 4 fully saturated rings. The van der Waals surface area contributed by atoms with E-state index < -0.39 is 0 Å². The molecule has 1 N–H and O–H groups in total. The van der Waals surface area contributed by atoms with Gasteiger partial charge in [-0.15, -0.1) is 0 Å². The van der Waals surface area contributed by atoms with Crippen LogP contribution in [0.15, 0.2) is 0 Å². The highest BCUT2D eigenvalue weighted by Gasteiger charge is 2.43. The first-order chi connectivity index (χ1) is 10.7. The molecule has 4 rings (SSSR count). The highest BCUT2D eigenvalue weighted by Crippen LogP contribution is 2.50. The van der Waals surface area contributed by atoms with Crippen molar-refractivity contribution in [2.24, 2.45) is 17.8 Å². The first kappa shape index (κ1) is 14.3. The molecule has 0 unspecified atom stereocenters. The Kier molecular flexibility index (Phi) is 3.74. The Bertz CT molecular complexity index is 447. The van der Waals surface area contributed by atoms with Gasteiger partial charge in [0.05, 0.1) is 6.04 Å². The zero-order chi connectivity index (χ0) is 15.1. The molecule has 3 amide bonds. The van der Waals surface area contributed by atoms with E-state index in [9.17, 15) is 9.59 Å². The summed E-state index contributed by atoms with van der Waals surface area (Å²) in [5.74, 6) is 2.67. The molecule has 2 aliphatic heterocycles. The van der Waals surface area contributed by atoms with Crippen molar-refractivity contribution in [2.75, 3.05) is 26.2 Å². The van der Waals surface area contributed by atoms with Gasteiger partial charge >= 0.3 is 6.03 Å². The van der Waals surface area contributed by atoms with Gasteiger partial charge in [-0.2, -0.15) is 0 Å². The minimum Gasteiger partial charge on any atom is -0.341 e. The number of piperidine rings is 1. The van der Waals surface area contributed by atoms with Crippen LogP contribution in [0.3, 0.4) is 0 Å². The normalized spacial score (nSPS) is 29.1. The third-order valence-electron chi connectivity index (χ3n) is 5.95. The van der Waals surface area contributed by atoms with Gasteiger partial charge in [0.2, 0.25) is 5.91 Å². The average Bonchev–Trinajstić information content (AvgIpc) is 3.44. The fourth-order valence-corrected chi connectivity index (χ4v) is 4.37. The summed E-state index contributed by atoms with van der Waals surface area (Å²) < 4.78 is 0. The standard InChI is InChI=1S/C17H27N3O2/c21-16(10-15(12-3-4-12)13-5-6-13)19-8-1-2-14(11-19)20-9-7-18-17(20)22/h12-15H,1-11H2,(H,18,22)/t14-/m1/s1. The van der Waals surface area contributed by atoms with Crippen LogP contribution in [0, 0.1) is 17.8 Å². The highest BCUT2D eigenvalue weighted by atomic mass is 16.2. The molecule has 1 atom stereocenters. The summed E-state index contributed by atoms with van der Waals surface area (Å²) in [7, 11) is 0. The summed E-state index contributed by atoms with van der Waals surface area (Å²) >= 11 is 0. The van der Waals surface area contributed by atoms with Gasteiger partial charge in [0, 0.05) is 32.6 Å². The largest absolute Gasteiger partial charge is 0.341 e. The summed E-state index contributed by atoms with van der Waals surface area (Å²) in [6.07, 6.45) is 8.17. The monoisotopic (exact) mass is 305 g/mol. The maximum atomic E-state index is 12.7. The fraction of sp³-hybridized carbons (Fsp3) is 0.882. The van der Waals surface area contributed by atoms with Crippen LogP contribution < -0.4 is 5.32 Å². The van der Waals surface area contributed by atoms with Crippen LogP contribution in [0.2, 0.25) is 0 Å². The summed E-state index contributed by atoms with van der Waals surface area (Å²) in [6.45, 7) is 3.16. The second-order valence-corrected chi connectivity index (χ2v) is 7.60. The van der Waals surface area contributed by atoms with Crippen molar-refractivity contribution in [1.29, 1.82) is 0 Å². The minimum atomic E-state index is 0.0492. The zero-order valence-electron chi connectivity index (χ0n) is 13.3. The Hall–Kier alpha value is -1.26. The van der Waals surface area contributed by atoms with Gasteiger partial charge < -0.3 is 15.1 Å². The number of carbonyl (C=O) groups is 2. The van der Waals surface area contributed by atoms with Crippen molar-refractivity contribution in [3.8, 4) is 0 Å². The van der Waals surface area contributed by atoms with Gasteiger partial charge in [-0.05, 0) is 56.3 Å². The lowest BCUT2D eigenvalue weighted by molar-refractivity contribution is -0.134. The van der Waals surface area contributed by atoms with Gasteiger partial charge in [-0.25, -0.2) is 4.79 Å². The molecule has 0 spiro atoms. The van der Waals surface area contributed by atoms with E-state index in [1.165, 1.54) is 25.7 Å². The Labute approximate surface area is 132 Å². The highest BCUT2D eigenvalue weighted by molar-refractivity contribution is 5.78.